The van der Waals surface area contributed by atoms with Crippen molar-refractivity contribution < 1.29 is 13.9 Å². The molecule has 1 fully saturated rings. The second-order valence-corrected chi connectivity index (χ2v) is 4.65. The molecule has 2 atom stereocenters. The second-order valence-electron chi connectivity index (χ2n) is 4.65. The van der Waals surface area contributed by atoms with Crippen LogP contribution >= 0.6 is 0 Å². The van der Waals surface area contributed by atoms with E-state index in [1.807, 2.05) is 13.1 Å². The zero-order chi connectivity index (χ0) is 13.0. The first-order chi connectivity index (χ1) is 8.76. The lowest BCUT2D eigenvalue weighted by Gasteiger charge is -2.32. The van der Waals surface area contributed by atoms with E-state index >= 15 is 0 Å². The molecule has 1 saturated heterocycles. The Hall–Kier alpha value is -1.13. The maximum atomic E-state index is 13.7. The summed E-state index contributed by atoms with van der Waals surface area (Å²) < 4.78 is 24.5. The van der Waals surface area contributed by atoms with E-state index in [0.717, 1.165) is 31.6 Å². The van der Waals surface area contributed by atoms with E-state index in [9.17, 15) is 4.39 Å². The van der Waals surface area contributed by atoms with Gasteiger partial charge in [-0.1, -0.05) is 6.07 Å². The van der Waals surface area contributed by atoms with Crippen molar-refractivity contribution >= 4 is 0 Å². The molecular formula is C14H20FNO2. The fourth-order valence-corrected chi connectivity index (χ4v) is 2.54. The standard InChI is InChI=1S/C14H20FNO2/c1-16-9-11-4-3-7-18-14(11)10-5-6-13(17-2)12(15)8-10/h5-6,8,11,14,16H,3-4,7,9H2,1-2H3. The summed E-state index contributed by atoms with van der Waals surface area (Å²) in [4.78, 5) is 0. The molecule has 2 unspecified atom stereocenters. The minimum atomic E-state index is -0.326. The van der Waals surface area contributed by atoms with Gasteiger partial charge in [0.25, 0.3) is 0 Å². The summed E-state index contributed by atoms with van der Waals surface area (Å²) in [7, 11) is 3.40. The molecule has 1 aliphatic rings. The first-order valence-corrected chi connectivity index (χ1v) is 6.36. The maximum absolute atomic E-state index is 13.7. The van der Waals surface area contributed by atoms with Crippen molar-refractivity contribution in [1.82, 2.24) is 5.32 Å². The Labute approximate surface area is 107 Å². The molecule has 0 saturated carbocycles. The predicted molar refractivity (Wildman–Crippen MR) is 68.3 cm³/mol. The van der Waals surface area contributed by atoms with Gasteiger partial charge in [-0.25, -0.2) is 4.39 Å². The monoisotopic (exact) mass is 253 g/mol. The highest BCUT2D eigenvalue weighted by molar-refractivity contribution is 5.31. The van der Waals surface area contributed by atoms with Gasteiger partial charge in [0, 0.05) is 19.1 Å². The third-order valence-electron chi connectivity index (χ3n) is 3.42. The zero-order valence-corrected chi connectivity index (χ0v) is 10.9. The van der Waals surface area contributed by atoms with Crippen LogP contribution in [-0.4, -0.2) is 27.3 Å². The van der Waals surface area contributed by atoms with Crippen molar-refractivity contribution in [2.75, 3.05) is 27.3 Å². The number of halogens is 1. The van der Waals surface area contributed by atoms with Gasteiger partial charge in [-0.3, -0.25) is 0 Å². The number of ether oxygens (including phenoxy) is 2. The third kappa shape index (κ3) is 2.82. The normalized spacial score (nSPS) is 23.9. The van der Waals surface area contributed by atoms with E-state index in [1.165, 1.54) is 13.2 Å². The van der Waals surface area contributed by atoms with Gasteiger partial charge in [-0.05, 0) is 37.6 Å². The van der Waals surface area contributed by atoms with Gasteiger partial charge in [0.15, 0.2) is 11.6 Å². The van der Waals surface area contributed by atoms with Crippen LogP contribution in [0.25, 0.3) is 0 Å². The van der Waals surface area contributed by atoms with Crippen molar-refractivity contribution in [2.24, 2.45) is 5.92 Å². The number of benzene rings is 1. The summed E-state index contributed by atoms with van der Waals surface area (Å²) in [5, 5.41) is 3.18. The molecule has 0 aliphatic carbocycles. The Morgan fingerprint density at radius 1 is 1.50 bits per heavy atom. The van der Waals surface area contributed by atoms with Crippen molar-refractivity contribution in [2.45, 2.75) is 18.9 Å². The smallest absolute Gasteiger partial charge is 0.165 e. The predicted octanol–water partition coefficient (Wildman–Crippen LogP) is 2.52. The van der Waals surface area contributed by atoms with E-state index in [-0.39, 0.29) is 17.7 Å². The van der Waals surface area contributed by atoms with Gasteiger partial charge in [-0.15, -0.1) is 0 Å². The highest BCUT2D eigenvalue weighted by Crippen LogP contribution is 2.34. The Morgan fingerprint density at radius 2 is 2.33 bits per heavy atom. The molecule has 3 nitrogen and oxygen atoms in total. The zero-order valence-electron chi connectivity index (χ0n) is 10.9. The van der Waals surface area contributed by atoms with Crippen LogP contribution in [0, 0.1) is 11.7 Å². The molecular weight excluding hydrogens is 233 g/mol. The van der Waals surface area contributed by atoms with Crippen LogP contribution in [0.5, 0.6) is 5.75 Å². The molecule has 4 heteroatoms. The Bertz CT molecular complexity index is 395. The fourth-order valence-electron chi connectivity index (χ4n) is 2.54. The highest BCUT2D eigenvalue weighted by atomic mass is 19.1. The van der Waals surface area contributed by atoms with E-state index < -0.39 is 0 Å². The maximum Gasteiger partial charge on any atom is 0.165 e. The number of methoxy groups -OCH3 is 1. The van der Waals surface area contributed by atoms with Crippen LogP contribution in [-0.2, 0) is 4.74 Å². The quantitative estimate of drug-likeness (QED) is 0.894. The fraction of sp³-hybridized carbons (Fsp3) is 0.571. The second kappa shape index (κ2) is 6.16. The summed E-state index contributed by atoms with van der Waals surface area (Å²) >= 11 is 0. The van der Waals surface area contributed by atoms with Crippen LogP contribution in [0.4, 0.5) is 4.39 Å². The summed E-state index contributed by atoms with van der Waals surface area (Å²) in [6.07, 6.45) is 2.16. The van der Waals surface area contributed by atoms with Gasteiger partial charge in [0.05, 0.1) is 13.2 Å². The summed E-state index contributed by atoms with van der Waals surface area (Å²) in [6, 6.07) is 5.08. The largest absolute Gasteiger partial charge is 0.494 e. The lowest BCUT2D eigenvalue weighted by atomic mass is 9.89. The molecule has 1 aliphatic heterocycles. The van der Waals surface area contributed by atoms with Crippen molar-refractivity contribution in [3.8, 4) is 5.75 Å². The Balaban J connectivity index is 2.19. The van der Waals surface area contributed by atoms with Gasteiger partial charge in [0.1, 0.15) is 0 Å². The molecule has 1 heterocycles. The first-order valence-electron chi connectivity index (χ1n) is 6.36. The lowest BCUT2D eigenvalue weighted by Crippen LogP contribution is -2.30. The van der Waals surface area contributed by atoms with Gasteiger partial charge in [-0.2, -0.15) is 0 Å². The summed E-state index contributed by atoms with van der Waals surface area (Å²) in [6.45, 7) is 1.64. The van der Waals surface area contributed by atoms with Crippen molar-refractivity contribution in [1.29, 1.82) is 0 Å². The van der Waals surface area contributed by atoms with Crippen LogP contribution in [0.15, 0.2) is 18.2 Å². The molecule has 1 aromatic rings. The van der Waals surface area contributed by atoms with Crippen LogP contribution < -0.4 is 10.1 Å². The number of hydrogen-bond donors (Lipinski definition) is 1. The highest BCUT2D eigenvalue weighted by Gasteiger charge is 2.27. The Morgan fingerprint density at radius 3 is 3.00 bits per heavy atom. The third-order valence-corrected chi connectivity index (χ3v) is 3.42. The molecule has 1 N–H and O–H groups in total. The van der Waals surface area contributed by atoms with Gasteiger partial charge >= 0.3 is 0 Å². The Kier molecular flexibility index (Phi) is 4.55. The van der Waals surface area contributed by atoms with Crippen LogP contribution in [0.3, 0.4) is 0 Å². The molecule has 100 valence electrons. The summed E-state index contributed by atoms with van der Waals surface area (Å²) in [5.41, 5.74) is 0.897. The lowest BCUT2D eigenvalue weighted by molar-refractivity contribution is -0.0274. The molecule has 0 bridgehead atoms. The van der Waals surface area contributed by atoms with Crippen LogP contribution in [0.1, 0.15) is 24.5 Å². The van der Waals surface area contributed by atoms with E-state index in [1.54, 1.807) is 6.07 Å². The minimum Gasteiger partial charge on any atom is -0.494 e. The minimum absolute atomic E-state index is 0.0217. The van der Waals surface area contributed by atoms with Gasteiger partial charge < -0.3 is 14.8 Å². The molecule has 0 amide bonds. The van der Waals surface area contributed by atoms with Crippen molar-refractivity contribution in [3.05, 3.63) is 29.6 Å². The molecule has 0 aromatic heterocycles. The summed E-state index contributed by atoms with van der Waals surface area (Å²) in [5.74, 6) is 0.351. The number of rotatable bonds is 4. The SMILES string of the molecule is CNCC1CCCOC1c1ccc(OC)c(F)c1. The number of nitrogens with one attached hydrogen (secondary N) is 1. The topological polar surface area (TPSA) is 30.5 Å². The molecule has 0 spiro atoms. The first kappa shape index (κ1) is 13.3. The molecule has 0 radical (unpaired) electrons. The average Bonchev–Trinajstić information content (AvgIpc) is 2.40. The average molecular weight is 253 g/mol. The molecule has 18 heavy (non-hydrogen) atoms. The van der Waals surface area contributed by atoms with Crippen molar-refractivity contribution in [3.63, 3.8) is 0 Å². The van der Waals surface area contributed by atoms with Crippen LogP contribution in [0.2, 0.25) is 0 Å². The van der Waals surface area contributed by atoms with E-state index in [0.29, 0.717) is 5.92 Å². The molecule has 2 rings (SSSR count). The van der Waals surface area contributed by atoms with E-state index in [2.05, 4.69) is 5.32 Å². The molecule has 1 aromatic carbocycles. The van der Waals surface area contributed by atoms with Gasteiger partial charge in [0.2, 0.25) is 0 Å². The van der Waals surface area contributed by atoms with E-state index in [4.69, 9.17) is 9.47 Å². The number of hydrogen-bond acceptors (Lipinski definition) is 3.